The van der Waals surface area contributed by atoms with Crippen molar-refractivity contribution < 1.29 is 4.74 Å². The standard InChI is InChI=1S/C15H24BrNO/c1-5-7-11(3)15(17-6-2)13-9-8-12(16)10-14(13)18-4/h8-11,15,17H,5-7H2,1-4H3. The number of hydrogen-bond donors (Lipinski definition) is 1. The summed E-state index contributed by atoms with van der Waals surface area (Å²) in [5, 5.41) is 3.58. The molecule has 1 rings (SSSR count). The Balaban J connectivity index is 3.04. The van der Waals surface area contributed by atoms with Crippen LogP contribution < -0.4 is 10.1 Å². The third-order valence-electron chi connectivity index (χ3n) is 3.27. The second-order valence-electron chi connectivity index (χ2n) is 4.69. The Labute approximate surface area is 119 Å². The van der Waals surface area contributed by atoms with E-state index in [0.717, 1.165) is 16.8 Å². The Morgan fingerprint density at radius 1 is 1.33 bits per heavy atom. The molecule has 0 aliphatic rings. The molecular weight excluding hydrogens is 290 g/mol. The minimum atomic E-state index is 0.359. The number of benzene rings is 1. The third-order valence-corrected chi connectivity index (χ3v) is 3.76. The maximum Gasteiger partial charge on any atom is 0.124 e. The molecule has 1 aromatic carbocycles. The molecule has 0 aliphatic carbocycles. The van der Waals surface area contributed by atoms with Crippen LogP contribution in [0.3, 0.4) is 0 Å². The summed E-state index contributed by atoms with van der Waals surface area (Å²) in [5.41, 5.74) is 1.25. The van der Waals surface area contributed by atoms with Gasteiger partial charge in [0.15, 0.2) is 0 Å². The largest absolute Gasteiger partial charge is 0.496 e. The minimum absolute atomic E-state index is 0.359. The van der Waals surface area contributed by atoms with Gasteiger partial charge in [0.2, 0.25) is 0 Å². The molecule has 1 N–H and O–H groups in total. The Morgan fingerprint density at radius 3 is 2.61 bits per heavy atom. The summed E-state index contributed by atoms with van der Waals surface area (Å²) in [6, 6.07) is 6.64. The monoisotopic (exact) mass is 313 g/mol. The lowest BCUT2D eigenvalue weighted by Gasteiger charge is -2.26. The molecule has 2 unspecified atom stereocenters. The molecule has 2 nitrogen and oxygen atoms in total. The van der Waals surface area contributed by atoms with Crippen LogP contribution >= 0.6 is 15.9 Å². The van der Waals surface area contributed by atoms with Gasteiger partial charge < -0.3 is 10.1 Å². The quantitative estimate of drug-likeness (QED) is 0.797. The first-order chi connectivity index (χ1) is 8.63. The van der Waals surface area contributed by atoms with Gasteiger partial charge in [-0.25, -0.2) is 0 Å². The fourth-order valence-electron chi connectivity index (χ4n) is 2.40. The number of rotatable bonds is 7. The molecule has 0 radical (unpaired) electrons. The van der Waals surface area contributed by atoms with Crippen LogP contribution in [-0.4, -0.2) is 13.7 Å². The molecule has 18 heavy (non-hydrogen) atoms. The maximum atomic E-state index is 5.51. The molecular formula is C15H24BrNO. The molecule has 0 aromatic heterocycles. The van der Waals surface area contributed by atoms with Crippen molar-refractivity contribution in [2.75, 3.05) is 13.7 Å². The van der Waals surface area contributed by atoms with Crippen molar-refractivity contribution in [2.24, 2.45) is 5.92 Å². The van der Waals surface area contributed by atoms with Gasteiger partial charge >= 0.3 is 0 Å². The molecule has 0 saturated heterocycles. The summed E-state index contributed by atoms with van der Waals surface area (Å²) < 4.78 is 6.57. The van der Waals surface area contributed by atoms with Crippen LogP contribution in [0.2, 0.25) is 0 Å². The molecule has 0 saturated carbocycles. The predicted octanol–water partition coefficient (Wildman–Crippen LogP) is 4.54. The van der Waals surface area contributed by atoms with Gasteiger partial charge in [-0.15, -0.1) is 0 Å². The van der Waals surface area contributed by atoms with E-state index in [0.29, 0.717) is 12.0 Å². The average molecular weight is 314 g/mol. The Bertz CT molecular complexity index is 368. The normalized spacial score (nSPS) is 14.3. The first-order valence-electron chi connectivity index (χ1n) is 6.70. The minimum Gasteiger partial charge on any atom is -0.496 e. The lowest BCUT2D eigenvalue weighted by molar-refractivity contribution is 0.346. The van der Waals surface area contributed by atoms with Gasteiger partial charge in [0, 0.05) is 16.1 Å². The number of nitrogens with one attached hydrogen (secondary N) is 1. The molecule has 2 atom stereocenters. The predicted molar refractivity (Wildman–Crippen MR) is 81.2 cm³/mol. The van der Waals surface area contributed by atoms with E-state index in [4.69, 9.17) is 4.74 Å². The molecule has 0 spiro atoms. The van der Waals surface area contributed by atoms with Crippen molar-refractivity contribution >= 4 is 15.9 Å². The smallest absolute Gasteiger partial charge is 0.124 e. The highest BCUT2D eigenvalue weighted by atomic mass is 79.9. The molecule has 102 valence electrons. The van der Waals surface area contributed by atoms with Crippen LogP contribution in [-0.2, 0) is 0 Å². The number of ether oxygens (including phenoxy) is 1. The molecule has 0 amide bonds. The first-order valence-corrected chi connectivity index (χ1v) is 7.50. The van der Waals surface area contributed by atoms with Crippen LogP contribution in [0.1, 0.15) is 45.2 Å². The van der Waals surface area contributed by atoms with Crippen molar-refractivity contribution in [1.82, 2.24) is 5.32 Å². The van der Waals surface area contributed by atoms with E-state index in [1.807, 2.05) is 6.07 Å². The van der Waals surface area contributed by atoms with Gasteiger partial charge in [-0.1, -0.05) is 49.2 Å². The Hall–Kier alpha value is -0.540. The van der Waals surface area contributed by atoms with E-state index in [1.165, 1.54) is 18.4 Å². The van der Waals surface area contributed by atoms with Crippen molar-refractivity contribution in [2.45, 2.75) is 39.7 Å². The van der Waals surface area contributed by atoms with Crippen molar-refractivity contribution in [3.63, 3.8) is 0 Å². The van der Waals surface area contributed by atoms with Crippen LogP contribution in [0.4, 0.5) is 0 Å². The van der Waals surface area contributed by atoms with Gasteiger partial charge in [-0.2, -0.15) is 0 Å². The van der Waals surface area contributed by atoms with Gasteiger partial charge in [0.25, 0.3) is 0 Å². The van der Waals surface area contributed by atoms with Gasteiger partial charge in [0.1, 0.15) is 5.75 Å². The van der Waals surface area contributed by atoms with Gasteiger partial charge in [-0.05, 0) is 31.0 Å². The van der Waals surface area contributed by atoms with E-state index < -0.39 is 0 Å². The zero-order valence-corrected chi connectivity index (χ0v) is 13.4. The summed E-state index contributed by atoms with van der Waals surface area (Å²) in [7, 11) is 1.73. The van der Waals surface area contributed by atoms with Crippen molar-refractivity contribution in [1.29, 1.82) is 0 Å². The maximum absolute atomic E-state index is 5.51. The van der Waals surface area contributed by atoms with E-state index in [1.54, 1.807) is 7.11 Å². The summed E-state index contributed by atoms with van der Waals surface area (Å²) in [6.07, 6.45) is 2.43. The fraction of sp³-hybridized carbons (Fsp3) is 0.600. The summed E-state index contributed by atoms with van der Waals surface area (Å²) in [4.78, 5) is 0. The number of halogens is 1. The van der Waals surface area contributed by atoms with Gasteiger partial charge in [0.05, 0.1) is 7.11 Å². The number of methoxy groups -OCH3 is 1. The lowest BCUT2D eigenvalue weighted by atomic mass is 9.90. The molecule has 0 fully saturated rings. The highest BCUT2D eigenvalue weighted by Gasteiger charge is 2.21. The highest BCUT2D eigenvalue weighted by Crippen LogP contribution is 2.34. The first kappa shape index (κ1) is 15.5. The second kappa shape index (κ2) is 7.80. The molecule has 0 aliphatic heterocycles. The molecule has 0 bridgehead atoms. The van der Waals surface area contributed by atoms with Gasteiger partial charge in [-0.3, -0.25) is 0 Å². The molecule has 0 heterocycles. The lowest BCUT2D eigenvalue weighted by Crippen LogP contribution is -2.27. The van der Waals surface area contributed by atoms with Crippen molar-refractivity contribution in [3.8, 4) is 5.75 Å². The van der Waals surface area contributed by atoms with E-state index in [2.05, 4.69) is 54.2 Å². The number of hydrogen-bond acceptors (Lipinski definition) is 2. The average Bonchev–Trinajstić information content (AvgIpc) is 2.36. The highest BCUT2D eigenvalue weighted by molar-refractivity contribution is 9.10. The Morgan fingerprint density at radius 2 is 2.06 bits per heavy atom. The van der Waals surface area contributed by atoms with Crippen LogP contribution in [0, 0.1) is 5.92 Å². The zero-order chi connectivity index (χ0) is 13.5. The molecule has 1 aromatic rings. The molecule has 3 heteroatoms. The van der Waals surface area contributed by atoms with Crippen LogP contribution in [0.5, 0.6) is 5.75 Å². The summed E-state index contributed by atoms with van der Waals surface area (Å²) in [6.45, 7) is 7.66. The zero-order valence-electron chi connectivity index (χ0n) is 11.8. The second-order valence-corrected chi connectivity index (χ2v) is 5.60. The summed E-state index contributed by atoms with van der Waals surface area (Å²) in [5.74, 6) is 1.56. The topological polar surface area (TPSA) is 21.3 Å². The Kier molecular flexibility index (Phi) is 6.72. The van der Waals surface area contributed by atoms with E-state index in [-0.39, 0.29) is 0 Å². The SMILES string of the molecule is CCCC(C)C(NCC)c1ccc(Br)cc1OC. The third kappa shape index (κ3) is 3.99. The fourth-order valence-corrected chi connectivity index (χ4v) is 2.74. The van der Waals surface area contributed by atoms with E-state index >= 15 is 0 Å². The van der Waals surface area contributed by atoms with E-state index in [9.17, 15) is 0 Å². The van der Waals surface area contributed by atoms with Crippen molar-refractivity contribution in [3.05, 3.63) is 28.2 Å². The van der Waals surface area contributed by atoms with Crippen LogP contribution in [0.25, 0.3) is 0 Å². The summed E-state index contributed by atoms with van der Waals surface area (Å²) >= 11 is 3.49. The van der Waals surface area contributed by atoms with Crippen LogP contribution in [0.15, 0.2) is 22.7 Å².